The molecule has 1 saturated heterocycles. The average Bonchev–Trinajstić information content (AvgIpc) is 3.10. The maximum Gasteiger partial charge on any atom is 0.300 e. The number of anilines is 1. The minimum atomic E-state index is -0.821. The summed E-state index contributed by atoms with van der Waals surface area (Å²) in [6, 6.07) is 17.3. The van der Waals surface area contributed by atoms with Gasteiger partial charge in [0.15, 0.2) is 0 Å². The number of methoxy groups -OCH3 is 2. The van der Waals surface area contributed by atoms with Crippen LogP contribution >= 0.6 is 0 Å². The maximum absolute atomic E-state index is 13.4. The van der Waals surface area contributed by atoms with Crippen LogP contribution in [0.1, 0.15) is 33.9 Å². The Morgan fingerprint density at radius 2 is 1.65 bits per heavy atom. The lowest BCUT2D eigenvalue weighted by molar-refractivity contribution is -0.132. The number of amides is 1. The Hall–Kier alpha value is -4.06. The molecule has 0 saturated carbocycles. The lowest BCUT2D eigenvalue weighted by Crippen LogP contribution is -2.30. The third-order valence-electron chi connectivity index (χ3n) is 6.15. The predicted octanol–water partition coefficient (Wildman–Crippen LogP) is 5.26. The van der Waals surface area contributed by atoms with Crippen molar-refractivity contribution in [2.24, 2.45) is 0 Å². The largest absolute Gasteiger partial charge is 0.507 e. The fourth-order valence-corrected chi connectivity index (χ4v) is 4.37. The van der Waals surface area contributed by atoms with Gasteiger partial charge in [-0.15, -0.1) is 0 Å². The number of ether oxygens (including phenoxy) is 2. The highest BCUT2D eigenvalue weighted by atomic mass is 16.5. The van der Waals surface area contributed by atoms with Gasteiger partial charge in [0.25, 0.3) is 11.7 Å². The van der Waals surface area contributed by atoms with E-state index in [2.05, 4.69) is 0 Å². The minimum Gasteiger partial charge on any atom is -0.507 e. The topological polar surface area (TPSA) is 76.1 Å². The first kappa shape index (κ1) is 23.1. The number of benzene rings is 3. The molecule has 0 aromatic heterocycles. The maximum atomic E-state index is 13.4. The van der Waals surface area contributed by atoms with E-state index in [-0.39, 0.29) is 11.3 Å². The lowest BCUT2D eigenvalue weighted by Gasteiger charge is -2.27. The van der Waals surface area contributed by atoms with E-state index >= 15 is 0 Å². The molecule has 0 aliphatic carbocycles. The SMILES string of the molecule is COc1cccc(C2/C(=C(/O)c3ccc(OC)c(C)c3)C(=O)C(=O)N2c2cc(C)ccc2C)c1. The van der Waals surface area contributed by atoms with Crippen molar-refractivity contribution in [1.82, 2.24) is 0 Å². The molecule has 34 heavy (non-hydrogen) atoms. The molecule has 4 rings (SSSR count). The summed E-state index contributed by atoms with van der Waals surface area (Å²) in [6.07, 6.45) is 0. The number of Topliss-reactive ketones (excluding diaryl/α,β-unsaturated/α-hetero) is 1. The lowest BCUT2D eigenvalue weighted by atomic mass is 9.94. The van der Waals surface area contributed by atoms with Gasteiger partial charge in [0, 0.05) is 11.3 Å². The van der Waals surface area contributed by atoms with E-state index < -0.39 is 17.7 Å². The molecule has 1 amide bonds. The first-order valence-electron chi connectivity index (χ1n) is 10.9. The van der Waals surface area contributed by atoms with Crippen molar-refractivity contribution < 1.29 is 24.2 Å². The molecule has 3 aromatic rings. The van der Waals surface area contributed by atoms with Crippen LogP contribution in [0.2, 0.25) is 0 Å². The number of carbonyl (C=O) groups excluding carboxylic acids is 2. The van der Waals surface area contributed by atoms with E-state index in [1.807, 2.05) is 45.0 Å². The van der Waals surface area contributed by atoms with Gasteiger partial charge in [0.2, 0.25) is 0 Å². The number of hydrogen-bond donors (Lipinski definition) is 1. The molecule has 0 bridgehead atoms. The van der Waals surface area contributed by atoms with Gasteiger partial charge in [-0.25, -0.2) is 0 Å². The number of aryl methyl sites for hydroxylation is 3. The van der Waals surface area contributed by atoms with Crippen LogP contribution in [0.5, 0.6) is 11.5 Å². The highest BCUT2D eigenvalue weighted by molar-refractivity contribution is 6.51. The molecule has 1 unspecified atom stereocenters. The quantitative estimate of drug-likeness (QED) is 0.322. The Kier molecular flexibility index (Phi) is 6.16. The van der Waals surface area contributed by atoms with E-state index in [0.717, 1.165) is 16.7 Å². The third-order valence-corrected chi connectivity index (χ3v) is 6.15. The second-order valence-corrected chi connectivity index (χ2v) is 8.42. The molecule has 1 heterocycles. The summed E-state index contributed by atoms with van der Waals surface area (Å²) < 4.78 is 10.7. The van der Waals surface area contributed by atoms with Crippen LogP contribution in [0.4, 0.5) is 5.69 Å². The van der Waals surface area contributed by atoms with Crippen molar-refractivity contribution in [2.45, 2.75) is 26.8 Å². The van der Waals surface area contributed by atoms with Crippen LogP contribution in [-0.4, -0.2) is 31.0 Å². The number of aliphatic hydroxyl groups excluding tert-OH is 1. The van der Waals surface area contributed by atoms with Crippen molar-refractivity contribution in [3.8, 4) is 11.5 Å². The average molecular weight is 458 g/mol. The number of aliphatic hydroxyl groups is 1. The monoisotopic (exact) mass is 457 g/mol. The number of nitrogens with zero attached hydrogens (tertiary/aromatic N) is 1. The summed E-state index contributed by atoms with van der Waals surface area (Å²) in [5.74, 6) is -0.404. The Bertz CT molecular complexity index is 1320. The predicted molar refractivity (Wildman–Crippen MR) is 131 cm³/mol. The molecule has 1 fully saturated rings. The second kappa shape index (κ2) is 9.06. The highest BCUT2D eigenvalue weighted by Gasteiger charge is 2.47. The third kappa shape index (κ3) is 3.92. The summed E-state index contributed by atoms with van der Waals surface area (Å²) in [6.45, 7) is 5.67. The molecule has 1 N–H and O–H groups in total. The van der Waals surface area contributed by atoms with Crippen molar-refractivity contribution in [2.75, 3.05) is 19.1 Å². The summed E-state index contributed by atoms with van der Waals surface area (Å²) in [5, 5.41) is 11.4. The van der Waals surface area contributed by atoms with Gasteiger partial charge in [-0.05, 0) is 79.4 Å². The first-order chi connectivity index (χ1) is 16.3. The Morgan fingerprint density at radius 3 is 2.32 bits per heavy atom. The summed E-state index contributed by atoms with van der Waals surface area (Å²) in [5.41, 5.74) is 4.35. The van der Waals surface area contributed by atoms with Crippen LogP contribution < -0.4 is 14.4 Å². The summed E-state index contributed by atoms with van der Waals surface area (Å²) >= 11 is 0. The van der Waals surface area contributed by atoms with Crippen LogP contribution in [0.3, 0.4) is 0 Å². The number of ketones is 1. The van der Waals surface area contributed by atoms with Crippen LogP contribution in [0.15, 0.2) is 66.2 Å². The Balaban J connectivity index is 1.98. The fraction of sp³-hybridized carbons (Fsp3) is 0.214. The van der Waals surface area contributed by atoms with Gasteiger partial charge < -0.3 is 14.6 Å². The number of rotatable bonds is 5. The van der Waals surface area contributed by atoms with Gasteiger partial charge in [-0.3, -0.25) is 14.5 Å². The van der Waals surface area contributed by atoms with Gasteiger partial charge in [0.05, 0.1) is 25.8 Å². The van der Waals surface area contributed by atoms with Crippen molar-refractivity contribution in [3.63, 3.8) is 0 Å². The Labute approximate surface area is 199 Å². The number of hydrogen-bond acceptors (Lipinski definition) is 5. The van der Waals surface area contributed by atoms with Gasteiger partial charge in [-0.1, -0.05) is 24.3 Å². The van der Waals surface area contributed by atoms with Crippen molar-refractivity contribution >= 4 is 23.1 Å². The van der Waals surface area contributed by atoms with Gasteiger partial charge in [-0.2, -0.15) is 0 Å². The molecule has 0 spiro atoms. The van der Waals surface area contributed by atoms with E-state index in [1.54, 1.807) is 50.6 Å². The van der Waals surface area contributed by atoms with Gasteiger partial charge >= 0.3 is 0 Å². The molecule has 1 atom stereocenters. The zero-order valence-electron chi connectivity index (χ0n) is 19.9. The van der Waals surface area contributed by atoms with Gasteiger partial charge in [0.1, 0.15) is 17.3 Å². The highest BCUT2D eigenvalue weighted by Crippen LogP contribution is 2.44. The normalized spacial score (nSPS) is 17.2. The van der Waals surface area contributed by atoms with Crippen molar-refractivity contribution in [3.05, 3.63) is 94.1 Å². The van der Waals surface area contributed by atoms with E-state index in [4.69, 9.17) is 9.47 Å². The van der Waals surface area contributed by atoms with E-state index in [0.29, 0.717) is 28.3 Å². The zero-order valence-corrected chi connectivity index (χ0v) is 19.9. The molecule has 6 nitrogen and oxygen atoms in total. The summed E-state index contributed by atoms with van der Waals surface area (Å²) in [4.78, 5) is 28.3. The second-order valence-electron chi connectivity index (χ2n) is 8.42. The summed E-state index contributed by atoms with van der Waals surface area (Å²) in [7, 11) is 3.13. The van der Waals surface area contributed by atoms with Crippen LogP contribution in [0.25, 0.3) is 5.76 Å². The van der Waals surface area contributed by atoms with Crippen molar-refractivity contribution in [1.29, 1.82) is 0 Å². The zero-order chi connectivity index (χ0) is 24.6. The minimum absolute atomic E-state index is 0.0312. The Morgan fingerprint density at radius 1 is 0.882 bits per heavy atom. The number of carbonyl (C=O) groups is 2. The fourth-order valence-electron chi connectivity index (χ4n) is 4.37. The van der Waals surface area contributed by atoms with E-state index in [1.165, 1.54) is 4.90 Å². The van der Waals surface area contributed by atoms with Crippen LogP contribution in [-0.2, 0) is 9.59 Å². The standard InChI is InChI=1S/C28H27NO5/c1-16-9-10-17(2)22(13-16)29-25(19-7-6-8-21(15-19)33-4)24(27(31)28(29)32)26(30)20-11-12-23(34-5)18(3)14-20/h6-15,25,30H,1-5H3/b26-24-. The smallest absolute Gasteiger partial charge is 0.300 e. The first-order valence-corrected chi connectivity index (χ1v) is 10.9. The molecular formula is C28H27NO5. The van der Waals surface area contributed by atoms with E-state index in [9.17, 15) is 14.7 Å². The molecule has 174 valence electrons. The molecule has 6 heteroatoms. The molecular weight excluding hydrogens is 430 g/mol. The molecule has 0 radical (unpaired) electrons. The van der Waals surface area contributed by atoms with Crippen LogP contribution in [0, 0.1) is 20.8 Å². The molecule has 1 aliphatic rings. The molecule has 3 aromatic carbocycles. The molecule has 1 aliphatic heterocycles.